The van der Waals surface area contributed by atoms with Gasteiger partial charge in [-0.1, -0.05) is 36.6 Å². The van der Waals surface area contributed by atoms with Crippen LogP contribution in [-0.4, -0.2) is 36.7 Å². The average molecular weight is 309 g/mol. The summed E-state index contributed by atoms with van der Waals surface area (Å²) < 4.78 is 5.98. The average Bonchev–Trinajstić information content (AvgIpc) is 2.52. The van der Waals surface area contributed by atoms with Crippen molar-refractivity contribution in [1.29, 1.82) is 0 Å². The summed E-state index contributed by atoms with van der Waals surface area (Å²) in [5.41, 5.74) is 8.47. The molecule has 2 fully saturated rings. The van der Waals surface area contributed by atoms with Crippen LogP contribution < -0.4 is 5.73 Å². The Bertz CT molecular complexity index is 492. The zero-order valence-electron chi connectivity index (χ0n) is 12.7. The minimum absolute atomic E-state index is 0.248. The highest BCUT2D eigenvalue weighted by Gasteiger charge is 2.37. The van der Waals surface area contributed by atoms with Gasteiger partial charge < -0.3 is 10.5 Å². The van der Waals surface area contributed by atoms with Gasteiger partial charge in [0.25, 0.3) is 0 Å². The number of aryl methyl sites for hydroxylation is 1. The van der Waals surface area contributed by atoms with Crippen molar-refractivity contribution in [3.63, 3.8) is 0 Å². The Morgan fingerprint density at radius 3 is 2.95 bits per heavy atom. The van der Waals surface area contributed by atoms with E-state index >= 15 is 0 Å². The highest BCUT2D eigenvalue weighted by atomic mass is 35.5. The molecule has 3 nitrogen and oxygen atoms in total. The van der Waals surface area contributed by atoms with E-state index in [0.29, 0.717) is 18.7 Å². The second-order valence-electron chi connectivity index (χ2n) is 6.26. The molecular weight excluding hydrogens is 284 g/mol. The maximum Gasteiger partial charge on any atom is 0.0731 e. The second kappa shape index (κ2) is 6.66. The molecule has 1 saturated heterocycles. The van der Waals surface area contributed by atoms with Crippen molar-refractivity contribution in [3.05, 3.63) is 34.3 Å². The Balaban J connectivity index is 1.85. The van der Waals surface area contributed by atoms with E-state index in [1.54, 1.807) is 0 Å². The fourth-order valence-corrected chi connectivity index (χ4v) is 3.98. The fraction of sp³-hybridized carbons (Fsp3) is 0.647. The van der Waals surface area contributed by atoms with Gasteiger partial charge in [0.1, 0.15) is 0 Å². The molecular formula is C17H25ClN2O. The van der Waals surface area contributed by atoms with Crippen LogP contribution in [0.2, 0.25) is 5.02 Å². The molecule has 1 aromatic rings. The first kappa shape index (κ1) is 15.3. The van der Waals surface area contributed by atoms with Crippen LogP contribution in [0.4, 0.5) is 0 Å². The van der Waals surface area contributed by atoms with E-state index in [9.17, 15) is 0 Å². The first-order valence-corrected chi connectivity index (χ1v) is 8.42. The first-order valence-electron chi connectivity index (χ1n) is 8.04. The van der Waals surface area contributed by atoms with Gasteiger partial charge in [0, 0.05) is 30.2 Å². The summed E-state index contributed by atoms with van der Waals surface area (Å²) in [4.78, 5) is 2.56. The lowest BCUT2D eigenvalue weighted by Crippen LogP contribution is -2.54. The molecule has 2 N–H and O–H groups in total. The van der Waals surface area contributed by atoms with E-state index in [-0.39, 0.29) is 6.04 Å². The van der Waals surface area contributed by atoms with Crippen molar-refractivity contribution >= 4 is 11.6 Å². The molecule has 3 rings (SSSR count). The van der Waals surface area contributed by atoms with Gasteiger partial charge in [-0.2, -0.15) is 0 Å². The van der Waals surface area contributed by atoms with Crippen LogP contribution in [0.5, 0.6) is 0 Å². The molecule has 0 radical (unpaired) electrons. The first-order chi connectivity index (χ1) is 10.2. The zero-order chi connectivity index (χ0) is 14.8. The Labute approximate surface area is 132 Å². The van der Waals surface area contributed by atoms with Gasteiger partial charge in [0.05, 0.1) is 12.7 Å². The largest absolute Gasteiger partial charge is 0.375 e. The third kappa shape index (κ3) is 3.11. The number of nitrogens with zero attached hydrogens (tertiary/aromatic N) is 1. The molecule has 1 aromatic carbocycles. The summed E-state index contributed by atoms with van der Waals surface area (Å²) in [5.74, 6) is 0. The van der Waals surface area contributed by atoms with Crippen molar-refractivity contribution in [2.45, 2.75) is 50.8 Å². The molecule has 3 unspecified atom stereocenters. The predicted molar refractivity (Wildman–Crippen MR) is 86.7 cm³/mol. The standard InChI is InChI=1S/C17H25ClN2O/c1-12-6-7-13(10-14(12)18)16(11-19)20-8-9-21-17-5-3-2-4-15(17)20/h6-7,10,15-17H,2-5,8-9,11,19H2,1H3. The minimum Gasteiger partial charge on any atom is -0.375 e. The van der Waals surface area contributed by atoms with E-state index in [4.69, 9.17) is 22.1 Å². The monoisotopic (exact) mass is 308 g/mol. The maximum absolute atomic E-state index is 6.31. The number of rotatable bonds is 3. The Morgan fingerprint density at radius 2 is 2.19 bits per heavy atom. The van der Waals surface area contributed by atoms with Crippen molar-refractivity contribution in [2.75, 3.05) is 19.7 Å². The normalized spacial score (nSPS) is 28.1. The quantitative estimate of drug-likeness (QED) is 0.931. The third-order valence-corrected chi connectivity index (χ3v) is 5.39. The number of hydrogen-bond acceptors (Lipinski definition) is 3. The summed E-state index contributed by atoms with van der Waals surface area (Å²) in [7, 11) is 0. The summed E-state index contributed by atoms with van der Waals surface area (Å²) in [6, 6.07) is 7.12. The third-order valence-electron chi connectivity index (χ3n) is 4.98. The predicted octanol–water partition coefficient (Wildman–Crippen LogP) is 3.29. The molecule has 0 spiro atoms. The molecule has 1 aliphatic heterocycles. The Kier molecular flexibility index (Phi) is 4.85. The molecule has 1 aliphatic carbocycles. The molecule has 1 heterocycles. The van der Waals surface area contributed by atoms with Crippen LogP contribution in [0.25, 0.3) is 0 Å². The lowest BCUT2D eigenvalue weighted by atomic mass is 9.88. The lowest BCUT2D eigenvalue weighted by molar-refractivity contribution is -0.102. The number of fused-ring (bicyclic) bond motifs is 1. The van der Waals surface area contributed by atoms with Gasteiger partial charge in [-0.15, -0.1) is 0 Å². The molecule has 4 heteroatoms. The van der Waals surface area contributed by atoms with Gasteiger partial charge in [-0.05, 0) is 37.0 Å². The number of nitrogens with two attached hydrogens (primary N) is 1. The van der Waals surface area contributed by atoms with Gasteiger partial charge >= 0.3 is 0 Å². The van der Waals surface area contributed by atoms with Gasteiger partial charge in [0.2, 0.25) is 0 Å². The van der Waals surface area contributed by atoms with Crippen LogP contribution in [0, 0.1) is 6.92 Å². The van der Waals surface area contributed by atoms with Gasteiger partial charge in [0.15, 0.2) is 0 Å². The molecule has 0 bridgehead atoms. The summed E-state index contributed by atoms with van der Waals surface area (Å²) in [6.45, 7) is 4.45. The minimum atomic E-state index is 0.248. The number of ether oxygens (including phenoxy) is 1. The van der Waals surface area contributed by atoms with Crippen LogP contribution >= 0.6 is 11.6 Å². The van der Waals surface area contributed by atoms with E-state index in [1.807, 2.05) is 6.92 Å². The van der Waals surface area contributed by atoms with E-state index in [1.165, 1.54) is 31.2 Å². The van der Waals surface area contributed by atoms with Crippen molar-refractivity contribution < 1.29 is 4.74 Å². The number of benzene rings is 1. The summed E-state index contributed by atoms with van der Waals surface area (Å²) >= 11 is 6.31. The van der Waals surface area contributed by atoms with Gasteiger partial charge in [-0.3, -0.25) is 4.90 Å². The van der Waals surface area contributed by atoms with Crippen LogP contribution in [-0.2, 0) is 4.74 Å². The van der Waals surface area contributed by atoms with Crippen molar-refractivity contribution in [3.8, 4) is 0 Å². The van der Waals surface area contributed by atoms with Gasteiger partial charge in [-0.25, -0.2) is 0 Å². The van der Waals surface area contributed by atoms with Crippen LogP contribution in [0.15, 0.2) is 18.2 Å². The molecule has 0 aromatic heterocycles. The van der Waals surface area contributed by atoms with E-state index < -0.39 is 0 Å². The zero-order valence-corrected chi connectivity index (χ0v) is 13.5. The summed E-state index contributed by atoms with van der Waals surface area (Å²) in [5, 5.41) is 0.833. The van der Waals surface area contributed by atoms with Crippen molar-refractivity contribution in [2.24, 2.45) is 5.73 Å². The molecule has 116 valence electrons. The smallest absolute Gasteiger partial charge is 0.0731 e. The van der Waals surface area contributed by atoms with Crippen LogP contribution in [0.3, 0.4) is 0 Å². The summed E-state index contributed by atoms with van der Waals surface area (Å²) in [6.07, 6.45) is 5.39. The highest BCUT2D eigenvalue weighted by molar-refractivity contribution is 6.31. The fourth-order valence-electron chi connectivity index (χ4n) is 3.79. The molecule has 2 aliphatic rings. The maximum atomic E-state index is 6.31. The lowest BCUT2D eigenvalue weighted by Gasteiger charge is -2.47. The molecule has 3 atom stereocenters. The number of hydrogen-bond donors (Lipinski definition) is 1. The van der Waals surface area contributed by atoms with E-state index in [2.05, 4.69) is 23.1 Å². The number of halogens is 1. The molecule has 1 saturated carbocycles. The second-order valence-corrected chi connectivity index (χ2v) is 6.67. The Morgan fingerprint density at radius 1 is 1.38 bits per heavy atom. The number of morpholine rings is 1. The molecule has 21 heavy (non-hydrogen) atoms. The SMILES string of the molecule is Cc1ccc(C(CN)N2CCOC3CCCCC32)cc1Cl. The van der Waals surface area contributed by atoms with Crippen molar-refractivity contribution in [1.82, 2.24) is 4.90 Å². The molecule has 0 amide bonds. The van der Waals surface area contributed by atoms with E-state index in [0.717, 1.165) is 23.7 Å². The van der Waals surface area contributed by atoms with Crippen LogP contribution in [0.1, 0.15) is 42.9 Å². The Hall–Kier alpha value is -0.610. The highest BCUT2D eigenvalue weighted by Crippen LogP contribution is 2.34. The topological polar surface area (TPSA) is 38.5 Å².